The summed E-state index contributed by atoms with van der Waals surface area (Å²) in [5.74, 6) is -0.813. The van der Waals surface area contributed by atoms with Gasteiger partial charge < -0.3 is 5.32 Å². The third-order valence-electron chi connectivity index (χ3n) is 2.47. The fourth-order valence-corrected chi connectivity index (χ4v) is 1.60. The number of halogens is 2. The van der Waals surface area contributed by atoms with Gasteiger partial charge in [-0.05, 0) is 24.3 Å². The third kappa shape index (κ3) is 2.83. The fraction of sp³-hybridized carbons (Fsp3) is 0.0714. The summed E-state index contributed by atoms with van der Waals surface area (Å²) in [5, 5.41) is 11.6. The standard InChI is InChI=1S/C14H10F2N2/c15-12-5-10(8-17)6-13(7-12)18-9-11-3-1-2-4-14(11)16/h1-7,18H,9H2. The van der Waals surface area contributed by atoms with Gasteiger partial charge in [-0.2, -0.15) is 5.26 Å². The second-order valence-electron chi connectivity index (χ2n) is 3.79. The molecule has 0 aromatic heterocycles. The minimum absolute atomic E-state index is 0.228. The van der Waals surface area contributed by atoms with Crippen LogP contribution in [0.5, 0.6) is 0 Å². The number of rotatable bonds is 3. The van der Waals surface area contributed by atoms with Crippen LogP contribution in [-0.2, 0) is 6.54 Å². The predicted octanol–water partition coefficient (Wildman–Crippen LogP) is 3.45. The second kappa shape index (κ2) is 5.28. The van der Waals surface area contributed by atoms with E-state index in [9.17, 15) is 8.78 Å². The quantitative estimate of drug-likeness (QED) is 0.897. The number of nitriles is 1. The van der Waals surface area contributed by atoms with Crippen LogP contribution in [0, 0.1) is 23.0 Å². The molecule has 0 saturated heterocycles. The molecule has 2 aromatic carbocycles. The molecular weight excluding hydrogens is 234 g/mol. The summed E-state index contributed by atoms with van der Waals surface area (Å²) in [4.78, 5) is 0. The summed E-state index contributed by atoms with van der Waals surface area (Å²) < 4.78 is 26.5. The van der Waals surface area contributed by atoms with Crippen molar-refractivity contribution in [1.82, 2.24) is 0 Å². The molecule has 90 valence electrons. The molecule has 1 N–H and O–H groups in total. The first-order valence-electron chi connectivity index (χ1n) is 5.37. The molecule has 2 nitrogen and oxygen atoms in total. The van der Waals surface area contributed by atoms with Crippen molar-refractivity contribution < 1.29 is 8.78 Å². The van der Waals surface area contributed by atoms with Gasteiger partial charge in [0.25, 0.3) is 0 Å². The van der Waals surface area contributed by atoms with E-state index in [0.29, 0.717) is 11.3 Å². The predicted molar refractivity (Wildman–Crippen MR) is 64.8 cm³/mol. The molecule has 0 saturated carbocycles. The molecule has 0 atom stereocenters. The summed E-state index contributed by atoms with van der Waals surface area (Å²) in [5.41, 5.74) is 1.17. The van der Waals surface area contributed by atoms with Crippen molar-refractivity contribution in [2.75, 3.05) is 5.32 Å². The van der Waals surface area contributed by atoms with Gasteiger partial charge in [0.1, 0.15) is 11.6 Å². The Morgan fingerprint density at radius 1 is 1.11 bits per heavy atom. The van der Waals surface area contributed by atoms with Gasteiger partial charge in [0.05, 0.1) is 11.6 Å². The van der Waals surface area contributed by atoms with Crippen LogP contribution in [0.1, 0.15) is 11.1 Å². The van der Waals surface area contributed by atoms with E-state index in [1.807, 2.05) is 6.07 Å². The molecule has 0 aliphatic heterocycles. The summed E-state index contributed by atoms with van der Waals surface area (Å²) in [6, 6.07) is 12.1. The zero-order valence-corrected chi connectivity index (χ0v) is 9.45. The van der Waals surface area contributed by atoms with Gasteiger partial charge in [-0.15, -0.1) is 0 Å². The van der Waals surface area contributed by atoms with Gasteiger partial charge in [0.15, 0.2) is 0 Å². The largest absolute Gasteiger partial charge is 0.381 e. The van der Waals surface area contributed by atoms with E-state index in [0.717, 1.165) is 6.07 Å². The summed E-state index contributed by atoms with van der Waals surface area (Å²) >= 11 is 0. The maximum atomic E-state index is 13.4. The molecule has 0 unspecified atom stereocenters. The Balaban J connectivity index is 2.14. The smallest absolute Gasteiger partial charge is 0.128 e. The number of benzene rings is 2. The van der Waals surface area contributed by atoms with Gasteiger partial charge in [0, 0.05) is 17.8 Å². The molecule has 0 heterocycles. The van der Waals surface area contributed by atoms with Gasteiger partial charge in [-0.3, -0.25) is 0 Å². The fourth-order valence-electron chi connectivity index (χ4n) is 1.60. The van der Waals surface area contributed by atoms with E-state index < -0.39 is 5.82 Å². The van der Waals surface area contributed by atoms with Crippen molar-refractivity contribution in [1.29, 1.82) is 5.26 Å². The maximum Gasteiger partial charge on any atom is 0.128 e. The SMILES string of the molecule is N#Cc1cc(F)cc(NCc2ccccc2F)c1. The van der Waals surface area contributed by atoms with E-state index in [1.54, 1.807) is 18.2 Å². The molecule has 4 heteroatoms. The number of nitrogens with one attached hydrogen (secondary N) is 1. The highest BCUT2D eigenvalue weighted by Gasteiger charge is 2.03. The van der Waals surface area contributed by atoms with Crippen LogP contribution in [0.3, 0.4) is 0 Å². The Morgan fingerprint density at radius 2 is 1.89 bits per heavy atom. The van der Waals surface area contributed by atoms with Crippen LogP contribution in [0.15, 0.2) is 42.5 Å². The first kappa shape index (κ1) is 12.1. The molecule has 0 bridgehead atoms. The summed E-state index contributed by atoms with van der Waals surface area (Å²) in [6.07, 6.45) is 0. The lowest BCUT2D eigenvalue weighted by molar-refractivity contribution is 0.612. The minimum Gasteiger partial charge on any atom is -0.381 e. The van der Waals surface area contributed by atoms with Crippen molar-refractivity contribution in [3.63, 3.8) is 0 Å². The highest BCUT2D eigenvalue weighted by molar-refractivity contribution is 5.50. The summed E-state index contributed by atoms with van der Waals surface area (Å²) in [6.45, 7) is 0.237. The Morgan fingerprint density at radius 3 is 2.61 bits per heavy atom. The third-order valence-corrected chi connectivity index (χ3v) is 2.47. The van der Waals surface area contributed by atoms with Gasteiger partial charge >= 0.3 is 0 Å². The topological polar surface area (TPSA) is 35.8 Å². The molecule has 0 fully saturated rings. The van der Waals surface area contributed by atoms with Gasteiger partial charge in [0.2, 0.25) is 0 Å². The van der Waals surface area contributed by atoms with Crippen molar-refractivity contribution >= 4 is 5.69 Å². The van der Waals surface area contributed by atoms with E-state index in [-0.39, 0.29) is 17.9 Å². The molecule has 18 heavy (non-hydrogen) atoms. The van der Waals surface area contributed by atoms with Crippen LogP contribution < -0.4 is 5.32 Å². The van der Waals surface area contributed by atoms with Crippen LogP contribution in [0.2, 0.25) is 0 Å². The monoisotopic (exact) mass is 244 g/mol. The number of hydrogen-bond acceptors (Lipinski definition) is 2. The molecule has 2 rings (SSSR count). The minimum atomic E-state index is -0.495. The Hall–Kier alpha value is -2.41. The Kier molecular flexibility index (Phi) is 3.54. The second-order valence-corrected chi connectivity index (χ2v) is 3.79. The van der Waals surface area contributed by atoms with E-state index in [1.165, 1.54) is 18.2 Å². The van der Waals surface area contributed by atoms with Gasteiger partial charge in [-0.1, -0.05) is 18.2 Å². The van der Waals surface area contributed by atoms with E-state index in [4.69, 9.17) is 5.26 Å². The van der Waals surface area contributed by atoms with E-state index >= 15 is 0 Å². The Labute approximate surface area is 103 Å². The number of hydrogen-bond donors (Lipinski definition) is 1. The number of anilines is 1. The zero-order chi connectivity index (χ0) is 13.0. The summed E-state index contributed by atoms with van der Waals surface area (Å²) in [7, 11) is 0. The average molecular weight is 244 g/mol. The molecule has 2 aromatic rings. The van der Waals surface area contributed by atoms with Crippen LogP contribution >= 0.6 is 0 Å². The molecule has 0 aliphatic rings. The molecule has 0 spiro atoms. The highest BCUT2D eigenvalue weighted by Crippen LogP contribution is 2.15. The van der Waals surface area contributed by atoms with Crippen LogP contribution in [0.25, 0.3) is 0 Å². The van der Waals surface area contributed by atoms with Crippen molar-refractivity contribution in [3.8, 4) is 6.07 Å². The van der Waals surface area contributed by atoms with Crippen molar-refractivity contribution in [2.45, 2.75) is 6.54 Å². The average Bonchev–Trinajstić information content (AvgIpc) is 2.37. The lowest BCUT2D eigenvalue weighted by Crippen LogP contribution is -2.02. The first-order chi connectivity index (χ1) is 8.69. The maximum absolute atomic E-state index is 13.4. The number of nitrogens with zero attached hydrogens (tertiary/aromatic N) is 1. The highest BCUT2D eigenvalue weighted by atomic mass is 19.1. The van der Waals surface area contributed by atoms with Crippen LogP contribution in [-0.4, -0.2) is 0 Å². The molecule has 0 amide bonds. The van der Waals surface area contributed by atoms with Crippen molar-refractivity contribution in [2.24, 2.45) is 0 Å². The Bertz CT molecular complexity index is 603. The van der Waals surface area contributed by atoms with Crippen LogP contribution in [0.4, 0.5) is 14.5 Å². The van der Waals surface area contributed by atoms with E-state index in [2.05, 4.69) is 5.32 Å². The molecule has 0 aliphatic carbocycles. The first-order valence-corrected chi connectivity index (χ1v) is 5.37. The lowest BCUT2D eigenvalue weighted by Gasteiger charge is -2.07. The normalized spacial score (nSPS) is 9.83. The lowest BCUT2D eigenvalue weighted by atomic mass is 10.2. The van der Waals surface area contributed by atoms with Crippen molar-refractivity contribution in [3.05, 3.63) is 65.2 Å². The molecular formula is C14H10F2N2. The van der Waals surface area contributed by atoms with Gasteiger partial charge in [-0.25, -0.2) is 8.78 Å². The molecule has 0 radical (unpaired) electrons. The zero-order valence-electron chi connectivity index (χ0n) is 9.45.